The van der Waals surface area contributed by atoms with Crippen molar-refractivity contribution in [3.63, 3.8) is 0 Å². The third kappa shape index (κ3) is 3.08. The second-order valence-electron chi connectivity index (χ2n) is 4.99. The maximum Gasteiger partial charge on any atom is 0.238 e. The van der Waals surface area contributed by atoms with Crippen molar-refractivity contribution in [3.8, 4) is 0 Å². The lowest BCUT2D eigenvalue weighted by Gasteiger charge is -2.29. The van der Waals surface area contributed by atoms with Crippen LogP contribution in [0.3, 0.4) is 0 Å². The minimum Gasteiger partial charge on any atom is -0.327 e. The van der Waals surface area contributed by atoms with E-state index >= 15 is 0 Å². The first-order chi connectivity index (χ1) is 8.56. The summed E-state index contributed by atoms with van der Waals surface area (Å²) in [4.78, 5) is 14.1. The second kappa shape index (κ2) is 5.49. The lowest BCUT2D eigenvalue weighted by Crippen LogP contribution is -2.45. The fraction of sp³-hybridized carbons (Fsp3) is 0.667. The van der Waals surface area contributed by atoms with Gasteiger partial charge in [0.2, 0.25) is 5.91 Å². The quantitative estimate of drug-likeness (QED) is 0.725. The predicted octanol–water partition coefficient (Wildman–Crippen LogP) is 0.388. The number of hydrogen-bond acceptors (Lipinski definition) is 4. The summed E-state index contributed by atoms with van der Waals surface area (Å²) >= 11 is 0. The van der Waals surface area contributed by atoms with Gasteiger partial charge >= 0.3 is 0 Å². The number of piperidine rings is 1. The lowest BCUT2D eigenvalue weighted by molar-refractivity contribution is -0.117. The Balaban J connectivity index is 1.89. The first-order valence-electron chi connectivity index (χ1n) is 6.35. The van der Waals surface area contributed by atoms with Crippen LogP contribution in [0.5, 0.6) is 0 Å². The van der Waals surface area contributed by atoms with E-state index in [4.69, 9.17) is 5.73 Å². The number of nitrogens with two attached hydrogens (primary N) is 1. The summed E-state index contributed by atoms with van der Waals surface area (Å²) in [6.07, 6.45) is 2.12. The Morgan fingerprint density at radius 1 is 1.61 bits per heavy atom. The maximum absolute atomic E-state index is 12.0. The molecule has 2 rings (SSSR count). The minimum atomic E-state index is -0.00306. The van der Waals surface area contributed by atoms with Crippen molar-refractivity contribution in [1.29, 1.82) is 0 Å². The summed E-state index contributed by atoms with van der Waals surface area (Å²) in [7, 11) is 0. The van der Waals surface area contributed by atoms with Crippen molar-refractivity contribution in [2.24, 2.45) is 5.73 Å². The van der Waals surface area contributed by atoms with Gasteiger partial charge in [-0.25, -0.2) is 0 Å². The van der Waals surface area contributed by atoms with Crippen LogP contribution in [-0.4, -0.2) is 46.7 Å². The number of carbonyl (C=O) groups is 1. The third-order valence-electron chi connectivity index (χ3n) is 3.30. The lowest BCUT2D eigenvalue weighted by atomic mass is 10.1. The Labute approximate surface area is 107 Å². The summed E-state index contributed by atoms with van der Waals surface area (Å²) < 4.78 is 0. The highest BCUT2D eigenvalue weighted by atomic mass is 16.2. The van der Waals surface area contributed by atoms with Gasteiger partial charge < -0.3 is 11.1 Å². The van der Waals surface area contributed by atoms with Crippen LogP contribution in [0.2, 0.25) is 0 Å². The number of rotatable bonds is 3. The number of nitrogens with zero attached hydrogens (tertiary/aromatic N) is 2. The number of amides is 1. The van der Waals surface area contributed by atoms with E-state index in [0.717, 1.165) is 43.0 Å². The van der Waals surface area contributed by atoms with Crippen LogP contribution in [0.1, 0.15) is 24.2 Å². The summed E-state index contributed by atoms with van der Waals surface area (Å²) in [5.41, 5.74) is 8.39. The molecule has 6 nitrogen and oxygen atoms in total. The number of likely N-dealkylation sites (tertiary alicyclic amines) is 1. The van der Waals surface area contributed by atoms with E-state index in [1.165, 1.54) is 0 Å². The smallest absolute Gasteiger partial charge is 0.238 e. The molecule has 4 N–H and O–H groups in total. The number of aromatic nitrogens is 2. The van der Waals surface area contributed by atoms with Gasteiger partial charge in [-0.3, -0.25) is 14.8 Å². The number of aromatic amines is 1. The maximum atomic E-state index is 12.0. The van der Waals surface area contributed by atoms with Crippen molar-refractivity contribution in [2.75, 3.05) is 25.0 Å². The van der Waals surface area contributed by atoms with Crippen LogP contribution in [-0.2, 0) is 4.79 Å². The monoisotopic (exact) mass is 251 g/mol. The van der Waals surface area contributed by atoms with Gasteiger partial charge in [0.25, 0.3) is 0 Å². The Hall–Kier alpha value is -1.40. The molecular weight excluding hydrogens is 230 g/mol. The molecule has 0 spiro atoms. The number of anilines is 1. The third-order valence-corrected chi connectivity index (χ3v) is 3.30. The summed E-state index contributed by atoms with van der Waals surface area (Å²) in [5, 5.41) is 9.81. The van der Waals surface area contributed by atoms with Gasteiger partial charge in [0, 0.05) is 12.6 Å². The van der Waals surface area contributed by atoms with Crippen LogP contribution in [0.15, 0.2) is 0 Å². The standard InChI is InChI=1S/C12H21N5O/c1-8-12(9(2)16-15-8)14-11(18)7-17-5-3-4-10(13)6-17/h10H,3-7,13H2,1-2H3,(H,14,18)(H,15,16). The number of carbonyl (C=O) groups excluding carboxylic acids is 1. The molecule has 6 heteroatoms. The number of hydrogen-bond donors (Lipinski definition) is 3. The molecule has 2 heterocycles. The van der Waals surface area contributed by atoms with E-state index < -0.39 is 0 Å². The molecule has 0 aliphatic carbocycles. The molecule has 100 valence electrons. The molecule has 1 aliphatic rings. The largest absolute Gasteiger partial charge is 0.327 e. The highest BCUT2D eigenvalue weighted by Gasteiger charge is 2.19. The molecule has 0 saturated carbocycles. The fourth-order valence-corrected chi connectivity index (χ4v) is 2.35. The molecule has 1 unspecified atom stereocenters. The summed E-state index contributed by atoms with van der Waals surface area (Å²) in [5.74, 6) is -0.00306. The van der Waals surface area contributed by atoms with Gasteiger partial charge in [-0.1, -0.05) is 0 Å². The van der Waals surface area contributed by atoms with Crippen molar-refractivity contribution < 1.29 is 4.79 Å². The number of aryl methyl sites for hydroxylation is 2. The van der Waals surface area contributed by atoms with Gasteiger partial charge in [-0.15, -0.1) is 0 Å². The fourth-order valence-electron chi connectivity index (χ4n) is 2.35. The first kappa shape index (κ1) is 13.0. The van der Waals surface area contributed by atoms with Crippen LogP contribution in [0, 0.1) is 13.8 Å². The van der Waals surface area contributed by atoms with Gasteiger partial charge in [0.1, 0.15) is 0 Å². The van der Waals surface area contributed by atoms with Crippen molar-refractivity contribution in [3.05, 3.63) is 11.4 Å². The molecule has 1 fully saturated rings. The Kier molecular flexibility index (Phi) is 3.98. The first-order valence-corrected chi connectivity index (χ1v) is 6.35. The van der Waals surface area contributed by atoms with Gasteiger partial charge in [-0.2, -0.15) is 5.10 Å². The minimum absolute atomic E-state index is 0.00306. The number of nitrogens with one attached hydrogen (secondary N) is 2. The Morgan fingerprint density at radius 3 is 3.00 bits per heavy atom. The summed E-state index contributed by atoms with van der Waals surface area (Å²) in [6, 6.07) is 0.198. The molecule has 1 amide bonds. The second-order valence-corrected chi connectivity index (χ2v) is 4.99. The van der Waals surface area contributed by atoms with E-state index in [-0.39, 0.29) is 11.9 Å². The Morgan fingerprint density at radius 2 is 2.39 bits per heavy atom. The van der Waals surface area contributed by atoms with Gasteiger partial charge in [0.15, 0.2) is 0 Å². The zero-order valence-electron chi connectivity index (χ0n) is 11.0. The predicted molar refractivity (Wildman–Crippen MR) is 70.3 cm³/mol. The Bertz CT molecular complexity index is 409. The molecule has 1 aliphatic heterocycles. The highest BCUT2D eigenvalue weighted by Crippen LogP contribution is 2.16. The molecule has 0 aromatic carbocycles. The highest BCUT2D eigenvalue weighted by molar-refractivity contribution is 5.93. The van der Waals surface area contributed by atoms with E-state index in [0.29, 0.717) is 6.54 Å². The zero-order valence-corrected chi connectivity index (χ0v) is 11.0. The topological polar surface area (TPSA) is 87.0 Å². The van der Waals surface area contributed by atoms with E-state index in [1.54, 1.807) is 0 Å². The van der Waals surface area contributed by atoms with Crippen LogP contribution < -0.4 is 11.1 Å². The van der Waals surface area contributed by atoms with Crippen molar-refractivity contribution in [1.82, 2.24) is 15.1 Å². The zero-order chi connectivity index (χ0) is 13.1. The molecular formula is C12H21N5O. The molecule has 1 atom stereocenters. The molecule has 1 saturated heterocycles. The molecule has 0 bridgehead atoms. The van der Waals surface area contributed by atoms with Crippen molar-refractivity contribution >= 4 is 11.6 Å². The van der Waals surface area contributed by atoms with Crippen LogP contribution >= 0.6 is 0 Å². The average Bonchev–Trinajstić information content (AvgIpc) is 2.61. The van der Waals surface area contributed by atoms with E-state index in [9.17, 15) is 4.79 Å². The van der Waals surface area contributed by atoms with Gasteiger partial charge in [-0.05, 0) is 33.2 Å². The van der Waals surface area contributed by atoms with Crippen LogP contribution in [0.25, 0.3) is 0 Å². The number of H-pyrrole nitrogens is 1. The van der Waals surface area contributed by atoms with Crippen LogP contribution in [0.4, 0.5) is 5.69 Å². The molecule has 18 heavy (non-hydrogen) atoms. The normalized spacial score (nSPS) is 20.9. The summed E-state index contributed by atoms with van der Waals surface area (Å²) in [6.45, 7) is 5.92. The SMILES string of the molecule is Cc1n[nH]c(C)c1NC(=O)CN1CCCC(N)C1. The van der Waals surface area contributed by atoms with E-state index in [1.807, 2.05) is 13.8 Å². The molecule has 0 radical (unpaired) electrons. The average molecular weight is 251 g/mol. The molecule has 1 aromatic rings. The molecule has 1 aromatic heterocycles. The van der Waals surface area contributed by atoms with E-state index in [2.05, 4.69) is 20.4 Å². The van der Waals surface area contributed by atoms with Crippen molar-refractivity contribution in [2.45, 2.75) is 32.7 Å². The van der Waals surface area contributed by atoms with Gasteiger partial charge in [0.05, 0.1) is 23.6 Å².